The van der Waals surface area contributed by atoms with Gasteiger partial charge >= 0.3 is 0 Å². The molecule has 6 nitrogen and oxygen atoms in total. The fraction of sp³-hybridized carbons (Fsp3) is 0.222. The van der Waals surface area contributed by atoms with Gasteiger partial charge in [0.05, 0.1) is 5.69 Å². The van der Waals surface area contributed by atoms with Crippen molar-refractivity contribution < 1.29 is 14.8 Å². The number of hydrogen-bond acceptors (Lipinski definition) is 4. The number of amides is 1. The molecule has 0 spiro atoms. The van der Waals surface area contributed by atoms with E-state index in [2.05, 4.69) is 5.32 Å². The van der Waals surface area contributed by atoms with Crippen LogP contribution < -0.4 is 5.32 Å². The molecule has 0 radical (unpaired) electrons. The fourth-order valence-corrected chi connectivity index (χ4v) is 2.31. The highest BCUT2D eigenvalue weighted by atomic mass is 127. The fourth-order valence-electron chi connectivity index (χ4n) is 1.68. The zero-order valence-electron chi connectivity index (χ0n) is 7.94. The second-order valence-corrected chi connectivity index (χ2v) is 4.63. The minimum absolute atomic E-state index is 0.265. The summed E-state index contributed by atoms with van der Waals surface area (Å²) < 4.78 is 0.739. The number of rotatable bonds is 2. The van der Waals surface area contributed by atoms with Crippen LogP contribution in [-0.2, 0) is 10.4 Å². The molecule has 1 heterocycles. The highest BCUT2D eigenvalue weighted by Gasteiger charge is 2.50. The molecule has 16 heavy (non-hydrogen) atoms. The lowest BCUT2D eigenvalue weighted by atomic mass is 9.96. The number of anilines is 1. The number of para-hydroxylation sites is 1. The average Bonchev–Trinajstić information content (AvgIpc) is 2.41. The van der Waals surface area contributed by atoms with E-state index in [0.717, 1.165) is 3.57 Å². The predicted molar refractivity (Wildman–Crippen MR) is 63.5 cm³/mol. The Kier molecular flexibility index (Phi) is 2.58. The van der Waals surface area contributed by atoms with Crippen molar-refractivity contribution in [1.29, 1.82) is 0 Å². The van der Waals surface area contributed by atoms with Crippen molar-refractivity contribution >= 4 is 34.2 Å². The molecular formula is C9H7IN2O4. The maximum Gasteiger partial charge on any atom is 0.268 e. The van der Waals surface area contributed by atoms with Gasteiger partial charge in [-0.3, -0.25) is 14.9 Å². The largest absolute Gasteiger partial charge is 0.370 e. The monoisotopic (exact) mass is 334 g/mol. The second-order valence-electron chi connectivity index (χ2n) is 3.47. The minimum Gasteiger partial charge on any atom is -0.370 e. The van der Waals surface area contributed by atoms with Gasteiger partial charge in [-0.15, -0.1) is 0 Å². The van der Waals surface area contributed by atoms with E-state index in [1.165, 1.54) is 6.07 Å². The summed E-state index contributed by atoms with van der Waals surface area (Å²) in [5.74, 6) is -0.747. The smallest absolute Gasteiger partial charge is 0.268 e. The van der Waals surface area contributed by atoms with Crippen molar-refractivity contribution in [2.45, 2.75) is 5.60 Å². The van der Waals surface area contributed by atoms with Gasteiger partial charge in [0, 0.05) is 14.1 Å². The second kappa shape index (κ2) is 3.67. The topological polar surface area (TPSA) is 92.5 Å². The first-order chi connectivity index (χ1) is 7.45. The molecule has 2 rings (SSSR count). The van der Waals surface area contributed by atoms with Crippen LogP contribution in [0.2, 0.25) is 0 Å². The third-order valence-corrected chi connectivity index (χ3v) is 3.33. The molecule has 1 amide bonds. The van der Waals surface area contributed by atoms with Crippen LogP contribution in [0.5, 0.6) is 0 Å². The summed E-state index contributed by atoms with van der Waals surface area (Å²) in [5, 5.41) is 23.0. The van der Waals surface area contributed by atoms with Crippen LogP contribution in [0.4, 0.5) is 5.69 Å². The van der Waals surface area contributed by atoms with Crippen LogP contribution in [0.1, 0.15) is 5.56 Å². The Morgan fingerprint density at radius 3 is 2.88 bits per heavy atom. The lowest BCUT2D eigenvalue weighted by Crippen LogP contribution is -2.40. The third-order valence-electron chi connectivity index (χ3n) is 2.43. The molecule has 1 aromatic carbocycles. The Morgan fingerprint density at radius 1 is 1.56 bits per heavy atom. The SMILES string of the molecule is O=C1Nc2c(I)cccc2C1(O)C[N+](=O)[O-]. The molecular weight excluding hydrogens is 327 g/mol. The van der Waals surface area contributed by atoms with Gasteiger partial charge in [0.1, 0.15) is 0 Å². The van der Waals surface area contributed by atoms with E-state index in [-0.39, 0.29) is 5.56 Å². The van der Waals surface area contributed by atoms with Crippen LogP contribution in [0.15, 0.2) is 18.2 Å². The molecule has 0 saturated carbocycles. The standard InChI is InChI=1S/C9H7IN2O4/c10-6-3-1-2-5-7(6)11-8(13)9(5,14)4-12(15)16/h1-3,14H,4H2,(H,11,13). The first-order valence-electron chi connectivity index (χ1n) is 4.40. The third kappa shape index (κ3) is 1.55. The zero-order chi connectivity index (χ0) is 11.9. The molecule has 1 unspecified atom stereocenters. The number of benzene rings is 1. The van der Waals surface area contributed by atoms with E-state index >= 15 is 0 Å². The summed E-state index contributed by atoms with van der Waals surface area (Å²) >= 11 is 1.99. The number of carbonyl (C=O) groups excluding carboxylic acids is 1. The number of fused-ring (bicyclic) bond motifs is 1. The molecule has 0 aliphatic carbocycles. The molecule has 1 aliphatic heterocycles. The number of carbonyl (C=O) groups is 1. The van der Waals surface area contributed by atoms with Gasteiger partial charge < -0.3 is 10.4 Å². The van der Waals surface area contributed by atoms with E-state index in [1.807, 2.05) is 22.6 Å². The van der Waals surface area contributed by atoms with Crippen LogP contribution in [0.25, 0.3) is 0 Å². The summed E-state index contributed by atoms with van der Waals surface area (Å²) in [7, 11) is 0. The van der Waals surface area contributed by atoms with E-state index in [4.69, 9.17) is 0 Å². The number of halogens is 1. The lowest BCUT2D eigenvalue weighted by molar-refractivity contribution is -0.498. The van der Waals surface area contributed by atoms with Crippen molar-refractivity contribution in [3.05, 3.63) is 37.4 Å². The number of nitrogens with one attached hydrogen (secondary N) is 1. The number of aliphatic hydroxyl groups is 1. The molecule has 0 saturated heterocycles. The average molecular weight is 334 g/mol. The Balaban J connectivity index is 2.55. The Morgan fingerprint density at radius 2 is 2.25 bits per heavy atom. The van der Waals surface area contributed by atoms with E-state index in [9.17, 15) is 20.0 Å². The van der Waals surface area contributed by atoms with Gasteiger partial charge in [0.15, 0.2) is 0 Å². The summed E-state index contributed by atoms with van der Waals surface area (Å²) in [5.41, 5.74) is -1.33. The number of nitrogens with zero attached hydrogens (tertiary/aromatic N) is 1. The molecule has 84 valence electrons. The highest BCUT2D eigenvalue weighted by molar-refractivity contribution is 14.1. The maximum atomic E-state index is 11.6. The molecule has 7 heteroatoms. The molecule has 2 N–H and O–H groups in total. The maximum absolute atomic E-state index is 11.6. The summed E-state index contributed by atoms with van der Waals surface area (Å²) in [6.45, 7) is -0.827. The van der Waals surface area contributed by atoms with Crippen LogP contribution in [0.3, 0.4) is 0 Å². The number of nitro groups is 1. The van der Waals surface area contributed by atoms with Crippen molar-refractivity contribution in [2.24, 2.45) is 0 Å². The van der Waals surface area contributed by atoms with Gasteiger partial charge in [0.25, 0.3) is 5.91 Å². The summed E-state index contributed by atoms with van der Waals surface area (Å²) in [6.07, 6.45) is 0. The van der Waals surface area contributed by atoms with Gasteiger partial charge in [-0.2, -0.15) is 0 Å². The molecule has 0 fully saturated rings. The first kappa shape index (κ1) is 11.3. The predicted octanol–water partition coefficient (Wildman–Crippen LogP) is 0.708. The summed E-state index contributed by atoms with van der Waals surface area (Å²) in [4.78, 5) is 21.3. The van der Waals surface area contributed by atoms with Crippen LogP contribution in [0, 0.1) is 13.7 Å². The van der Waals surface area contributed by atoms with Crippen molar-refractivity contribution in [3.8, 4) is 0 Å². The van der Waals surface area contributed by atoms with E-state index < -0.39 is 23.0 Å². The Bertz CT molecular complexity index is 490. The quantitative estimate of drug-likeness (QED) is 0.473. The minimum atomic E-state index is -2.06. The van der Waals surface area contributed by atoms with Crippen molar-refractivity contribution in [2.75, 3.05) is 11.9 Å². The molecule has 1 aliphatic rings. The molecule has 0 bridgehead atoms. The van der Waals surface area contributed by atoms with Gasteiger partial charge in [-0.1, -0.05) is 12.1 Å². The van der Waals surface area contributed by atoms with Gasteiger partial charge in [0.2, 0.25) is 12.1 Å². The van der Waals surface area contributed by atoms with E-state index in [1.54, 1.807) is 12.1 Å². The van der Waals surface area contributed by atoms with Crippen LogP contribution >= 0.6 is 22.6 Å². The Labute approximate surface area is 104 Å². The zero-order valence-corrected chi connectivity index (χ0v) is 10.1. The normalized spacial score (nSPS) is 22.8. The molecule has 1 aromatic rings. The molecule has 1 atom stereocenters. The van der Waals surface area contributed by atoms with Crippen LogP contribution in [-0.4, -0.2) is 22.5 Å². The van der Waals surface area contributed by atoms with Gasteiger partial charge in [-0.25, -0.2) is 0 Å². The summed E-state index contributed by atoms with van der Waals surface area (Å²) in [6, 6.07) is 4.91. The van der Waals surface area contributed by atoms with Crippen molar-refractivity contribution in [3.63, 3.8) is 0 Å². The Hall–Kier alpha value is -1.22. The van der Waals surface area contributed by atoms with E-state index in [0.29, 0.717) is 5.69 Å². The first-order valence-corrected chi connectivity index (χ1v) is 5.47. The number of hydrogen-bond donors (Lipinski definition) is 2. The molecule has 0 aromatic heterocycles. The van der Waals surface area contributed by atoms with Crippen molar-refractivity contribution in [1.82, 2.24) is 0 Å². The highest BCUT2D eigenvalue weighted by Crippen LogP contribution is 2.38. The van der Waals surface area contributed by atoms with Gasteiger partial charge in [-0.05, 0) is 28.7 Å². The lowest BCUT2D eigenvalue weighted by Gasteiger charge is -2.15.